The van der Waals surface area contributed by atoms with Crippen LogP contribution in [0.3, 0.4) is 0 Å². The molecule has 12 nitrogen and oxygen atoms in total. The topological polar surface area (TPSA) is 121 Å². The van der Waals surface area contributed by atoms with Crippen LogP contribution >= 0.6 is 0 Å². The first-order valence-corrected chi connectivity index (χ1v) is 28.1. The molecule has 0 aliphatic heterocycles. The summed E-state index contributed by atoms with van der Waals surface area (Å²) >= 11 is 0. The molecule has 4 aromatic heterocycles. The first-order chi connectivity index (χ1) is 37.2. The van der Waals surface area contributed by atoms with Gasteiger partial charge in [-0.2, -0.15) is 9.13 Å². The number of esters is 4. The highest BCUT2D eigenvalue weighted by molar-refractivity contribution is 5.96. The lowest BCUT2D eigenvalue weighted by Gasteiger charge is -2.10. The normalized spacial score (nSPS) is 11.1. The fraction of sp³-hybridized carbons (Fsp3) is 0.438. The zero-order chi connectivity index (χ0) is 53.7. The molecule has 0 spiro atoms. The second-order valence-electron chi connectivity index (χ2n) is 19.8. The number of nitrogens with zero attached hydrogens (tertiary/aromatic N) is 4. The summed E-state index contributed by atoms with van der Waals surface area (Å²) in [5.74, 6) is -1.71. The molecule has 0 aliphatic carbocycles. The fourth-order valence-electron chi connectivity index (χ4n) is 8.91. The minimum Gasteiger partial charge on any atom is -0.462 e. The van der Waals surface area contributed by atoms with Crippen molar-refractivity contribution in [2.75, 3.05) is 26.4 Å². The average Bonchev–Trinajstić information content (AvgIpc) is 3.45. The number of carbonyl (C=O) groups is 4. The maximum absolute atomic E-state index is 13.1. The number of ether oxygens (including phenoxy) is 4. The Morgan fingerprint density at radius 3 is 0.789 bits per heavy atom. The summed E-state index contributed by atoms with van der Waals surface area (Å²) in [6.45, 7) is 12.5. The Bertz CT molecular complexity index is 2450. The van der Waals surface area contributed by atoms with Gasteiger partial charge in [-0.05, 0) is 84.3 Å². The Balaban J connectivity index is 1.02. The molecule has 0 fully saturated rings. The van der Waals surface area contributed by atoms with Gasteiger partial charge in [-0.25, -0.2) is 28.3 Å². The second-order valence-corrected chi connectivity index (χ2v) is 19.8. The molecular formula is C64H82N4O8+4. The minimum absolute atomic E-state index is 0.354. The van der Waals surface area contributed by atoms with E-state index in [0.717, 1.165) is 149 Å². The summed E-state index contributed by atoms with van der Waals surface area (Å²) in [5, 5.41) is 0. The van der Waals surface area contributed by atoms with Crippen molar-refractivity contribution in [3.63, 3.8) is 0 Å². The molecule has 0 bridgehead atoms. The lowest BCUT2D eigenvalue weighted by atomic mass is 10.0. The van der Waals surface area contributed by atoms with E-state index in [-0.39, 0.29) is 0 Å². The van der Waals surface area contributed by atoms with Gasteiger partial charge in [0, 0.05) is 59.7 Å². The molecule has 0 amide bonds. The molecule has 76 heavy (non-hydrogen) atoms. The van der Waals surface area contributed by atoms with Crippen molar-refractivity contribution in [1.29, 1.82) is 0 Å². The van der Waals surface area contributed by atoms with Gasteiger partial charge >= 0.3 is 23.9 Å². The van der Waals surface area contributed by atoms with E-state index >= 15 is 0 Å². The number of pyridine rings is 4. The minimum atomic E-state index is -0.428. The molecule has 6 aromatic rings. The summed E-state index contributed by atoms with van der Waals surface area (Å²) in [5.41, 5.74) is 7.38. The molecule has 0 saturated carbocycles. The molecule has 0 unspecified atom stereocenters. The number of aromatic nitrogens is 4. The number of hydrogen-bond donors (Lipinski definition) is 0. The Labute approximate surface area is 451 Å². The van der Waals surface area contributed by atoms with Gasteiger partial charge in [0.1, 0.15) is 0 Å². The molecule has 0 aliphatic rings. The van der Waals surface area contributed by atoms with Crippen LogP contribution in [0.1, 0.15) is 183 Å². The zero-order valence-corrected chi connectivity index (χ0v) is 45.7. The quantitative estimate of drug-likeness (QED) is 0.0173. The van der Waals surface area contributed by atoms with E-state index in [4.69, 9.17) is 18.9 Å². The number of hydrogen-bond acceptors (Lipinski definition) is 8. The van der Waals surface area contributed by atoms with Gasteiger partial charge in [0.2, 0.25) is 13.1 Å². The van der Waals surface area contributed by atoms with Crippen LogP contribution in [-0.2, 0) is 45.1 Å². The lowest BCUT2D eigenvalue weighted by Crippen LogP contribution is -2.43. The van der Waals surface area contributed by atoms with Crippen molar-refractivity contribution in [3.05, 3.63) is 168 Å². The summed E-state index contributed by atoms with van der Waals surface area (Å²) in [6, 6.07) is 27.2. The van der Waals surface area contributed by atoms with Gasteiger partial charge in [0.25, 0.3) is 0 Å². The van der Waals surface area contributed by atoms with Crippen LogP contribution in [0, 0.1) is 0 Å². The molecule has 12 heteroatoms. The Hall–Kier alpha value is -7.08. The molecule has 4 heterocycles. The standard InChI is InChI=1S/C64H82N4O8/c1-5-9-13-17-39-73-61(69)57-43-51(44-58(47-57)62(70)74-40-18-14-10-6-2)49-67-33-25-55(26-34-67)53-21-29-65(30-22-53)37-38-66-31-23-54(24-32-66)56-27-35-68(36-28-56)50-52-45-59(63(71)75-41-19-15-11-7-3)48-60(46-52)64(72)76-42-20-16-12-8-4/h21-36,43-48H,5-20,37-42,49-50H2,1-4H3/q+4. The third-order valence-corrected chi connectivity index (χ3v) is 13.4. The van der Waals surface area contributed by atoms with Crippen LogP contribution in [0.5, 0.6) is 0 Å². The summed E-state index contributed by atoms with van der Waals surface area (Å²) < 4.78 is 30.8. The molecule has 0 N–H and O–H groups in total. The van der Waals surface area contributed by atoms with Crippen LogP contribution in [0.15, 0.2) is 135 Å². The largest absolute Gasteiger partial charge is 0.462 e. The predicted octanol–water partition coefficient (Wildman–Crippen LogP) is 11.9. The van der Waals surface area contributed by atoms with Crippen LogP contribution < -0.4 is 18.3 Å². The van der Waals surface area contributed by atoms with E-state index < -0.39 is 23.9 Å². The van der Waals surface area contributed by atoms with Crippen molar-refractivity contribution in [3.8, 4) is 22.3 Å². The van der Waals surface area contributed by atoms with Crippen molar-refractivity contribution in [1.82, 2.24) is 0 Å². The van der Waals surface area contributed by atoms with Crippen molar-refractivity contribution in [2.24, 2.45) is 0 Å². The van der Waals surface area contributed by atoms with E-state index in [1.807, 2.05) is 58.2 Å². The maximum Gasteiger partial charge on any atom is 0.338 e. The molecule has 2 aromatic carbocycles. The van der Waals surface area contributed by atoms with Crippen molar-refractivity contribution < 1.29 is 56.4 Å². The molecule has 0 atom stereocenters. The number of rotatable bonds is 33. The Kier molecular flexibility index (Phi) is 24.8. The molecule has 402 valence electrons. The van der Waals surface area contributed by atoms with E-state index in [1.54, 1.807) is 12.1 Å². The first-order valence-electron chi connectivity index (χ1n) is 28.1. The van der Waals surface area contributed by atoms with Gasteiger partial charge in [-0.1, -0.05) is 105 Å². The molecule has 6 rings (SSSR count). The van der Waals surface area contributed by atoms with E-state index in [0.29, 0.717) is 61.8 Å². The molecule has 0 saturated heterocycles. The van der Waals surface area contributed by atoms with Gasteiger partial charge in [-0.3, -0.25) is 0 Å². The number of unbranched alkanes of at least 4 members (excludes halogenated alkanes) is 12. The highest BCUT2D eigenvalue weighted by atomic mass is 16.5. The van der Waals surface area contributed by atoms with Crippen molar-refractivity contribution >= 4 is 23.9 Å². The van der Waals surface area contributed by atoms with Gasteiger partial charge in [0.15, 0.2) is 62.7 Å². The Morgan fingerprint density at radius 2 is 0.553 bits per heavy atom. The van der Waals surface area contributed by atoms with Gasteiger partial charge in [-0.15, -0.1) is 0 Å². The number of aryl methyl sites for hydroxylation is 2. The number of carbonyl (C=O) groups excluding carboxylic acids is 4. The first kappa shape index (κ1) is 58.2. The molecule has 0 radical (unpaired) electrons. The second kappa shape index (κ2) is 32.4. The zero-order valence-electron chi connectivity index (χ0n) is 45.7. The third kappa shape index (κ3) is 19.6. The summed E-state index contributed by atoms with van der Waals surface area (Å²) in [6.07, 6.45) is 32.6. The van der Waals surface area contributed by atoms with Crippen LogP contribution in [0.4, 0.5) is 0 Å². The fourth-order valence-corrected chi connectivity index (χ4v) is 8.91. The monoisotopic (exact) mass is 1030 g/mol. The maximum atomic E-state index is 13.1. The van der Waals surface area contributed by atoms with E-state index in [1.165, 1.54) is 0 Å². The van der Waals surface area contributed by atoms with Crippen LogP contribution in [-0.4, -0.2) is 50.3 Å². The van der Waals surface area contributed by atoms with Crippen molar-refractivity contribution in [2.45, 2.75) is 157 Å². The Morgan fingerprint density at radius 1 is 0.316 bits per heavy atom. The summed E-state index contributed by atoms with van der Waals surface area (Å²) in [4.78, 5) is 52.5. The highest BCUT2D eigenvalue weighted by Crippen LogP contribution is 2.20. The average molecular weight is 1040 g/mol. The number of benzene rings is 2. The van der Waals surface area contributed by atoms with Crippen LogP contribution in [0.2, 0.25) is 0 Å². The SMILES string of the molecule is CCCCCCOC(=O)c1cc(C[n+]2ccc(-c3cc[n+](CC[n+]4ccc(-c5cc[n+](Cc6cc(C(=O)OCCCCCC)cc(C(=O)OCCCCCC)c6)cc5)cc4)cc3)cc2)cc(C(=O)OCCCCCC)c1. The molecular weight excluding hydrogens is 953 g/mol. The summed E-state index contributed by atoms with van der Waals surface area (Å²) in [7, 11) is 0. The van der Waals surface area contributed by atoms with E-state index in [2.05, 4.69) is 110 Å². The predicted molar refractivity (Wildman–Crippen MR) is 293 cm³/mol. The highest BCUT2D eigenvalue weighted by Gasteiger charge is 2.20. The van der Waals surface area contributed by atoms with Gasteiger partial charge in [0.05, 0.1) is 48.7 Å². The smallest absolute Gasteiger partial charge is 0.338 e. The van der Waals surface area contributed by atoms with Gasteiger partial charge < -0.3 is 18.9 Å². The van der Waals surface area contributed by atoms with Crippen LogP contribution in [0.25, 0.3) is 22.3 Å². The lowest BCUT2D eigenvalue weighted by molar-refractivity contribution is -0.778. The van der Waals surface area contributed by atoms with E-state index in [9.17, 15) is 19.2 Å². The third-order valence-electron chi connectivity index (χ3n) is 13.4.